The minimum Gasteiger partial charge on any atom is -0.376 e. The van der Waals surface area contributed by atoms with E-state index in [1.807, 2.05) is 6.07 Å². The van der Waals surface area contributed by atoms with Gasteiger partial charge in [-0.1, -0.05) is 18.5 Å². The number of rotatable bonds is 4. The van der Waals surface area contributed by atoms with Gasteiger partial charge >= 0.3 is 0 Å². The van der Waals surface area contributed by atoms with E-state index in [1.54, 1.807) is 11.3 Å². The van der Waals surface area contributed by atoms with E-state index >= 15 is 0 Å². The van der Waals surface area contributed by atoms with Crippen LogP contribution < -0.4 is 5.32 Å². The Labute approximate surface area is 106 Å². The molecule has 1 N–H and O–H groups in total. The van der Waals surface area contributed by atoms with Crippen LogP contribution in [0.3, 0.4) is 0 Å². The minimum atomic E-state index is 0.308. The lowest BCUT2D eigenvalue weighted by Gasteiger charge is -2.30. The highest BCUT2D eigenvalue weighted by Crippen LogP contribution is 2.32. The Kier molecular flexibility index (Phi) is 4.65. The second kappa shape index (κ2) is 6.01. The van der Waals surface area contributed by atoms with Gasteiger partial charge < -0.3 is 10.1 Å². The summed E-state index contributed by atoms with van der Waals surface area (Å²) in [4.78, 5) is 1.29. The van der Waals surface area contributed by atoms with Gasteiger partial charge in [-0.2, -0.15) is 0 Å². The molecule has 1 saturated heterocycles. The van der Waals surface area contributed by atoms with E-state index in [2.05, 4.69) is 18.3 Å². The lowest BCUT2D eigenvalue weighted by molar-refractivity contribution is -0.00712. The number of likely N-dealkylation sites (N-methyl/N-ethyl adjacent to an activating group) is 1. The third-order valence-electron chi connectivity index (χ3n) is 2.91. The Morgan fingerprint density at radius 3 is 3.00 bits per heavy atom. The van der Waals surface area contributed by atoms with Crippen molar-refractivity contribution in [1.82, 2.24) is 5.32 Å². The van der Waals surface area contributed by atoms with Crippen LogP contribution in [0, 0.1) is 0 Å². The van der Waals surface area contributed by atoms with Crippen LogP contribution in [0.15, 0.2) is 12.1 Å². The highest BCUT2D eigenvalue weighted by Gasteiger charge is 2.26. The van der Waals surface area contributed by atoms with Crippen molar-refractivity contribution in [3.8, 4) is 0 Å². The van der Waals surface area contributed by atoms with Gasteiger partial charge in [-0.05, 0) is 37.9 Å². The Balaban J connectivity index is 2.09. The summed E-state index contributed by atoms with van der Waals surface area (Å²) in [6, 6.07) is 4.38. The van der Waals surface area contributed by atoms with Crippen molar-refractivity contribution in [2.45, 2.75) is 38.3 Å². The maximum absolute atomic E-state index is 5.99. The van der Waals surface area contributed by atoms with E-state index in [-0.39, 0.29) is 0 Å². The maximum atomic E-state index is 5.99. The molecular formula is C12H18ClNOS. The average Bonchev–Trinajstić information content (AvgIpc) is 2.74. The molecule has 0 aliphatic carbocycles. The lowest BCUT2D eigenvalue weighted by Crippen LogP contribution is -2.35. The molecule has 1 aromatic heterocycles. The quantitative estimate of drug-likeness (QED) is 0.892. The van der Waals surface area contributed by atoms with E-state index in [0.29, 0.717) is 12.1 Å². The van der Waals surface area contributed by atoms with Gasteiger partial charge in [-0.25, -0.2) is 0 Å². The fourth-order valence-corrected chi connectivity index (χ4v) is 3.35. The Morgan fingerprint density at radius 1 is 1.56 bits per heavy atom. The summed E-state index contributed by atoms with van der Waals surface area (Å²) in [6.45, 7) is 3.98. The predicted octanol–water partition coefficient (Wildman–Crippen LogP) is 3.62. The third kappa shape index (κ3) is 2.98. The molecule has 1 aromatic rings. The summed E-state index contributed by atoms with van der Waals surface area (Å²) in [5.41, 5.74) is 0. The third-order valence-corrected chi connectivity index (χ3v) is 4.23. The molecule has 0 bridgehead atoms. The van der Waals surface area contributed by atoms with Crippen molar-refractivity contribution in [3.63, 3.8) is 0 Å². The summed E-state index contributed by atoms with van der Waals surface area (Å²) >= 11 is 7.65. The van der Waals surface area contributed by atoms with Gasteiger partial charge in [0.15, 0.2) is 0 Å². The molecule has 90 valence electrons. The zero-order valence-corrected chi connectivity index (χ0v) is 11.1. The number of hydrogen-bond acceptors (Lipinski definition) is 3. The van der Waals surface area contributed by atoms with E-state index in [9.17, 15) is 0 Å². The summed E-state index contributed by atoms with van der Waals surface area (Å²) in [5.74, 6) is 0. The van der Waals surface area contributed by atoms with Crippen LogP contribution in [0.1, 0.15) is 37.1 Å². The summed E-state index contributed by atoms with van der Waals surface area (Å²) in [6.07, 6.45) is 3.92. The molecule has 0 saturated carbocycles. The number of ether oxygens (including phenoxy) is 1. The predicted molar refractivity (Wildman–Crippen MR) is 69.3 cm³/mol. The fraction of sp³-hybridized carbons (Fsp3) is 0.667. The first-order chi connectivity index (χ1) is 7.81. The molecule has 0 aromatic carbocycles. The molecule has 0 amide bonds. The van der Waals surface area contributed by atoms with Crippen molar-refractivity contribution in [3.05, 3.63) is 21.3 Å². The number of halogens is 1. The molecule has 2 heterocycles. The van der Waals surface area contributed by atoms with E-state index in [4.69, 9.17) is 16.3 Å². The summed E-state index contributed by atoms with van der Waals surface area (Å²) in [7, 11) is 0. The van der Waals surface area contributed by atoms with Gasteiger partial charge in [0.1, 0.15) is 0 Å². The second-order valence-corrected chi connectivity index (χ2v) is 5.83. The highest BCUT2D eigenvalue weighted by molar-refractivity contribution is 7.16. The first-order valence-electron chi connectivity index (χ1n) is 5.91. The monoisotopic (exact) mass is 259 g/mol. The Hall–Kier alpha value is -0.0900. The number of hydrogen-bond donors (Lipinski definition) is 1. The van der Waals surface area contributed by atoms with Gasteiger partial charge in [0.05, 0.1) is 16.5 Å². The van der Waals surface area contributed by atoms with Crippen LogP contribution in [-0.4, -0.2) is 19.3 Å². The van der Waals surface area contributed by atoms with E-state index < -0.39 is 0 Å². The van der Waals surface area contributed by atoms with Crippen molar-refractivity contribution in [2.24, 2.45) is 0 Å². The number of thiophene rings is 1. The lowest BCUT2D eigenvalue weighted by atomic mass is 10.0. The highest BCUT2D eigenvalue weighted by atomic mass is 35.5. The maximum Gasteiger partial charge on any atom is 0.0931 e. The smallest absolute Gasteiger partial charge is 0.0931 e. The topological polar surface area (TPSA) is 21.3 Å². The van der Waals surface area contributed by atoms with Gasteiger partial charge in [-0.15, -0.1) is 11.3 Å². The van der Waals surface area contributed by atoms with Crippen LogP contribution in [-0.2, 0) is 4.74 Å². The molecule has 2 unspecified atom stereocenters. The first-order valence-corrected chi connectivity index (χ1v) is 7.11. The van der Waals surface area contributed by atoms with Crippen LogP contribution in [0.2, 0.25) is 4.34 Å². The van der Waals surface area contributed by atoms with Gasteiger partial charge in [-0.3, -0.25) is 0 Å². The molecular weight excluding hydrogens is 242 g/mol. The Bertz CT molecular complexity index is 323. The van der Waals surface area contributed by atoms with Crippen LogP contribution >= 0.6 is 22.9 Å². The molecule has 0 spiro atoms. The zero-order valence-electron chi connectivity index (χ0n) is 9.54. The van der Waals surface area contributed by atoms with Gasteiger partial charge in [0, 0.05) is 11.5 Å². The van der Waals surface area contributed by atoms with Crippen LogP contribution in [0.4, 0.5) is 0 Å². The van der Waals surface area contributed by atoms with Crippen LogP contribution in [0.25, 0.3) is 0 Å². The average molecular weight is 260 g/mol. The molecule has 16 heavy (non-hydrogen) atoms. The standard InChI is InChI=1S/C12H18ClNOS/c1-2-14-12(9-5-3-4-8-15-9)10-6-7-11(13)16-10/h6-7,9,12,14H,2-5,8H2,1H3. The normalized spacial score (nSPS) is 23.2. The molecule has 1 aliphatic heterocycles. The molecule has 1 aliphatic rings. The Morgan fingerprint density at radius 2 is 2.44 bits per heavy atom. The molecule has 0 radical (unpaired) electrons. The summed E-state index contributed by atoms with van der Waals surface area (Å²) in [5, 5.41) is 3.51. The minimum absolute atomic E-state index is 0.308. The van der Waals surface area contributed by atoms with E-state index in [0.717, 1.165) is 23.9 Å². The van der Waals surface area contributed by atoms with Crippen LogP contribution in [0.5, 0.6) is 0 Å². The largest absolute Gasteiger partial charge is 0.376 e. The molecule has 1 fully saturated rings. The first kappa shape index (κ1) is 12.4. The van der Waals surface area contributed by atoms with Crippen molar-refractivity contribution in [2.75, 3.05) is 13.2 Å². The fourth-order valence-electron chi connectivity index (χ4n) is 2.16. The molecule has 2 atom stereocenters. The SMILES string of the molecule is CCNC(c1ccc(Cl)s1)C1CCCCO1. The van der Waals surface area contributed by atoms with Crippen molar-refractivity contribution in [1.29, 1.82) is 0 Å². The van der Waals surface area contributed by atoms with Gasteiger partial charge in [0.25, 0.3) is 0 Å². The van der Waals surface area contributed by atoms with Gasteiger partial charge in [0.2, 0.25) is 0 Å². The number of nitrogens with one attached hydrogen (secondary N) is 1. The molecule has 4 heteroatoms. The van der Waals surface area contributed by atoms with Crippen molar-refractivity contribution >= 4 is 22.9 Å². The second-order valence-electron chi connectivity index (χ2n) is 4.08. The summed E-state index contributed by atoms with van der Waals surface area (Å²) < 4.78 is 6.71. The molecule has 2 rings (SSSR count). The molecule has 2 nitrogen and oxygen atoms in total. The van der Waals surface area contributed by atoms with Crippen molar-refractivity contribution < 1.29 is 4.74 Å². The van der Waals surface area contributed by atoms with E-state index in [1.165, 1.54) is 17.7 Å². The zero-order chi connectivity index (χ0) is 11.4.